The summed E-state index contributed by atoms with van der Waals surface area (Å²) in [5.74, 6) is 1.87. The van der Waals surface area contributed by atoms with E-state index in [1.165, 1.54) is 63.5 Å². The van der Waals surface area contributed by atoms with Crippen LogP contribution in [-0.2, 0) is 12.5 Å². The number of nitrogens with zero attached hydrogens (tertiary/aromatic N) is 2. The van der Waals surface area contributed by atoms with Crippen LogP contribution in [0.15, 0.2) is 0 Å². The number of rotatable bonds is 11. The van der Waals surface area contributed by atoms with Gasteiger partial charge in [0.2, 0.25) is 5.88 Å². The number of aryl methyl sites for hydroxylation is 1. The van der Waals surface area contributed by atoms with Gasteiger partial charge in [-0.15, -0.1) is 0 Å². The summed E-state index contributed by atoms with van der Waals surface area (Å²) in [6.07, 6.45) is 11.6. The Bertz CT molecular complexity index is 439. The molecule has 0 N–H and O–H groups in total. The van der Waals surface area contributed by atoms with Gasteiger partial charge in [0.25, 0.3) is 0 Å². The number of methoxy groups -OCH3 is 1. The zero-order valence-corrected chi connectivity index (χ0v) is 15.7. The van der Waals surface area contributed by atoms with Crippen LogP contribution in [0.1, 0.15) is 90.1 Å². The van der Waals surface area contributed by atoms with Crippen LogP contribution < -0.4 is 4.74 Å². The lowest BCUT2D eigenvalue weighted by Crippen LogP contribution is -2.26. The second-order valence-corrected chi connectivity index (χ2v) is 6.90. The molecule has 22 heavy (non-hydrogen) atoms. The first-order valence-electron chi connectivity index (χ1n) is 9.08. The highest BCUT2D eigenvalue weighted by Crippen LogP contribution is 2.40. The van der Waals surface area contributed by atoms with E-state index >= 15 is 0 Å². The molecule has 0 aliphatic rings. The van der Waals surface area contributed by atoms with Gasteiger partial charge in [-0.05, 0) is 19.8 Å². The van der Waals surface area contributed by atoms with Crippen LogP contribution in [0.2, 0.25) is 0 Å². The summed E-state index contributed by atoms with van der Waals surface area (Å²) in [6, 6.07) is 0. The molecule has 0 aromatic carbocycles. The lowest BCUT2D eigenvalue weighted by molar-refractivity contribution is 0.321. The van der Waals surface area contributed by atoms with Crippen molar-refractivity contribution in [1.82, 2.24) is 9.55 Å². The van der Waals surface area contributed by atoms with E-state index in [-0.39, 0.29) is 5.41 Å². The van der Waals surface area contributed by atoms with Gasteiger partial charge in [-0.3, -0.25) is 0 Å². The van der Waals surface area contributed by atoms with Gasteiger partial charge in [0, 0.05) is 12.5 Å². The first-order chi connectivity index (χ1) is 10.5. The molecule has 0 spiro atoms. The van der Waals surface area contributed by atoms with Crippen molar-refractivity contribution in [3.05, 3.63) is 11.5 Å². The third-order valence-corrected chi connectivity index (χ3v) is 4.97. The Balaban J connectivity index is 2.97. The van der Waals surface area contributed by atoms with Crippen LogP contribution in [-0.4, -0.2) is 16.7 Å². The van der Waals surface area contributed by atoms with Gasteiger partial charge in [0.05, 0.1) is 12.8 Å². The van der Waals surface area contributed by atoms with E-state index in [9.17, 15) is 0 Å². The molecule has 1 heterocycles. The number of imidazole rings is 1. The van der Waals surface area contributed by atoms with Crippen molar-refractivity contribution in [2.45, 2.75) is 90.9 Å². The van der Waals surface area contributed by atoms with Gasteiger partial charge < -0.3 is 9.30 Å². The second kappa shape index (κ2) is 9.22. The van der Waals surface area contributed by atoms with Crippen molar-refractivity contribution in [3.63, 3.8) is 0 Å². The number of hydrogen-bond acceptors (Lipinski definition) is 2. The monoisotopic (exact) mass is 308 g/mol. The lowest BCUT2D eigenvalue weighted by Gasteiger charge is -2.31. The van der Waals surface area contributed by atoms with Crippen molar-refractivity contribution < 1.29 is 4.74 Å². The van der Waals surface area contributed by atoms with Gasteiger partial charge in [-0.2, -0.15) is 4.98 Å². The SMILES string of the molecule is CCCCCCC(C)(CCCCC)c1c(OC)nc(C)n1C. The summed E-state index contributed by atoms with van der Waals surface area (Å²) in [5.41, 5.74) is 1.46. The molecule has 0 bridgehead atoms. The van der Waals surface area contributed by atoms with Crippen LogP contribution in [0.5, 0.6) is 5.88 Å². The van der Waals surface area contributed by atoms with Gasteiger partial charge in [-0.25, -0.2) is 0 Å². The first kappa shape index (κ1) is 19.1. The Morgan fingerprint density at radius 1 is 1.00 bits per heavy atom. The molecule has 1 rings (SSSR count). The van der Waals surface area contributed by atoms with Crippen molar-refractivity contribution >= 4 is 0 Å². The molecule has 0 saturated carbocycles. The Kier molecular flexibility index (Phi) is 7.98. The third-order valence-electron chi connectivity index (χ3n) is 4.97. The fraction of sp³-hybridized carbons (Fsp3) is 0.842. The van der Waals surface area contributed by atoms with Crippen molar-refractivity contribution in [2.24, 2.45) is 7.05 Å². The average Bonchev–Trinajstić information content (AvgIpc) is 2.80. The second-order valence-electron chi connectivity index (χ2n) is 6.90. The summed E-state index contributed by atoms with van der Waals surface area (Å²) in [6.45, 7) is 9.02. The largest absolute Gasteiger partial charge is 0.480 e. The Hall–Kier alpha value is -0.990. The molecule has 128 valence electrons. The van der Waals surface area contributed by atoms with Gasteiger partial charge in [0.15, 0.2) is 0 Å². The lowest BCUT2D eigenvalue weighted by atomic mass is 9.77. The average molecular weight is 309 g/mol. The fourth-order valence-electron chi connectivity index (χ4n) is 3.45. The summed E-state index contributed by atoms with van der Waals surface area (Å²) in [4.78, 5) is 4.61. The molecule has 1 aromatic heterocycles. The molecule has 3 heteroatoms. The molecule has 1 unspecified atom stereocenters. The van der Waals surface area contributed by atoms with E-state index in [0.29, 0.717) is 0 Å². The van der Waals surface area contributed by atoms with Gasteiger partial charge >= 0.3 is 0 Å². The van der Waals surface area contributed by atoms with Crippen molar-refractivity contribution in [3.8, 4) is 5.88 Å². The highest BCUT2D eigenvalue weighted by Gasteiger charge is 2.33. The van der Waals surface area contributed by atoms with E-state index in [1.807, 2.05) is 0 Å². The maximum atomic E-state index is 5.60. The topological polar surface area (TPSA) is 27.1 Å². The molecule has 0 radical (unpaired) electrons. The zero-order valence-electron chi connectivity index (χ0n) is 15.7. The van der Waals surface area contributed by atoms with Crippen LogP contribution in [0, 0.1) is 6.92 Å². The number of hydrogen-bond donors (Lipinski definition) is 0. The van der Waals surface area contributed by atoms with Crippen molar-refractivity contribution in [1.29, 1.82) is 0 Å². The smallest absolute Gasteiger partial charge is 0.235 e. The van der Waals surface area contributed by atoms with Gasteiger partial charge in [0.1, 0.15) is 5.82 Å². The number of unbranched alkanes of at least 4 members (excludes halogenated alkanes) is 5. The van der Waals surface area contributed by atoms with E-state index in [1.54, 1.807) is 7.11 Å². The maximum absolute atomic E-state index is 5.60. The maximum Gasteiger partial charge on any atom is 0.235 e. The minimum Gasteiger partial charge on any atom is -0.480 e. The summed E-state index contributed by atoms with van der Waals surface area (Å²) in [5, 5.41) is 0. The Labute approximate surface area is 137 Å². The zero-order chi connectivity index (χ0) is 16.6. The fourth-order valence-corrected chi connectivity index (χ4v) is 3.45. The third kappa shape index (κ3) is 4.76. The minimum atomic E-state index is 0.171. The molecule has 0 aliphatic heterocycles. The predicted molar refractivity (Wildman–Crippen MR) is 94.8 cm³/mol. The van der Waals surface area contributed by atoms with E-state index in [0.717, 1.165) is 11.7 Å². The standard InChI is InChI=1S/C19H36N2O/c1-7-9-11-13-15-19(4,14-12-10-8-2)17-18(22-6)20-16(3)21(17)5/h7-15H2,1-6H3. The Morgan fingerprint density at radius 2 is 1.55 bits per heavy atom. The van der Waals surface area contributed by atoms with Gasteiger partial charge in [-0.1, -0.05) is 65.7 Å². The number of aromatic nitrogens is 2. The Morgan fingerprint density at radius 3 is 2.09 bits per heavy atom. The van der Waals surface area contributed by atoms with Crippen LogP contribution in [0.3, 0.4) is 0 Å². The van der Waals surface area contributed by atoms with Crippen LogP contribution in [0.25, 0.3) is 0 Å². The predicted octanol–water partition coefficient (Wildman–Crippen LogP) is 5.55. The molecule has 0 saturated heterocycles. The minimum absolute atomic E-state index is 0.171. The molecule has 0 aliphatic carbocycles. The molecule has 1 aromatic rings. The van der Waals surface area contributed by atoms with E-state index < -0.39 is 0 Å². The molecule has 0 fully saturated rings. The molecular weight excluding hydrogens is 272 g/mol. The summed E-state index contributed by atoms with van der Waals surface area (Å²) < 4.78 is 7.84. The first-order valence-corrected chi connectivity index (χ1v) is 9.08. The van der Waals surface area contributed by atoms with Crippen LogP contribution in [0.4, 0.5) is 0 Å². The van der Waals surface area contributed by atoms with Crippen molar-refractivity contribution in [2.75, 3.05) is 7.11 Å². The molecule has 1 atom stereocenters. The summed E-state index contributed by atoms with van der Waals surface area (Å²) in [7, 11) is 3.87. The molecular formula is C19H36N2O. The normalized spacial score (nSPS) is 14.1. The van der Waals surface area contributed by atoms with E-state index in [2.05, 4.69) is 44.3 Å². The van der Waals surface area contributed by atoms with E-state index in [4.69, 9.17) is 4.74 Å². The van der Waals surface area contributed by atoms with Crippen LogP contribution >= 0.6 is 0 Å². The highest BCUT2D eigenvalue weighted by molar-refractivity contribution is 5.30. The summed E-state index contributed by atoms with van der Waals surface area (Å²) >= 11 is 0. The molecule has 3 nitrogen and oxygen atoms in total. The highest BCUT2D eigenvalue weighted by atomic mass is 16.5. The number of ether oxygens (including phenoxy) is 1. The molecule has 0 amide bonds. The quantitative estimate of drug-likeness (QED) is 0.501.